The Labute approximate surface area is 151 Å². The van der Waals surface area contributed by atoms with Crippen LogP contribution in [0, 0.1) is 5.82 Å². The molecule has 1 aliphatic rings. The van der Waals surface area contributed by atoms with Crippen LogP contribution in [0.15, 0.2) is 17.1 Å². The Morgan fingerprint density at radius 3 is 2.69 bits per heavy atom. The van der Waals surface area contributed by atoms with E-state index in [0.717, 1.165) is 12.3 Å². The van der Waals surface area contributed by atoms with E-state index < -0.39 is 35.4 Å². The van der Waals surface area contributed by atoms with Gasteiger partial charge in [-0.1, -0.05) is 11.6 Å². The zero-order valence-corrected chi connectivity index (χ0v) is 14.5. The molecule has 1 aromatic carbocycles. The van der Waals surface area contributed by atoms with Gasteiger partial charge in [0, 0.05) is 18.6 Å². The van der Waals surface area contributed by atoms with Crippen molar-refractivity contribution < 1.29 is 23.4 Å². The summed E-state index contributed by atoms with van der Waals surface area (Å²) in [6.07, 6.45) is -0.658. The van der Waals surface area contributed by atoms with Crippen LogP contribution in [-0.4, -0.2) is 41.1 Å². The number of carboxylic acid groups (broad SMARTS) is 1. The predicted octanol–water partition coefficient (Wildman–Crippen LogP) is 2.36. The molecule has 1 aromatic heterocycles. The SMILES string of the molecule is CC1(N)CN(c2c(F)cc3c(=O)c(OC(=O)O)cn(CCF)c3c2Cl)C1. The van der Waals surface area contributed by atoms with Crippen molar-refractivity contribution in [1.82, 2.24) is 4.57 Å². The standard InChI is InChI=1S/C16H16ClF2N3O4/c1-16(20)6-22(7-16)13-9(19)4-8-12(11(13)17)21(3-2-18)5-10(14(8)23)26-15(24)25/h4-5H,2-3,6-7,20H2,1H3,(H,24,25). The molecule has 0 radical (unpaired) electrons. The maximum absolute atomic E-state index is 14.6. The second-order valence-corrected chi connectivity index (χ2v) is 6.88. The number of nitrogens with two attached hydrogens (primary N) is 1. The fraction of sp³-hybridized carbons (Fsp3) is 0.375. The smallest absolute Gasteiger partial charge is 0.449 e. The molecule has 1 fully saturated rings. The Morgan fingerprint density at radius 2 is 2.15 bits per heavy atom. The van der Waals surface area contributed by atoms with Crippen molar-refractivity contribution >= 4 is 34.3 Å². The van der Waals surface area contributed by atoms with E-state index in [0.29, 0.717) is 13.1 Å². The maximum Gasteiger partial charge on any atom is 0.511 e. The number of halogens is 3. The molecule has 2 heterocycles. The minimum atomic E-state index is -1.71. The van der Waals surface area contributed by atoms with Crippen LogP contribution in [-0.2, 0) is 6.54 Å². The van der Waals surface area contributed by atoms with Crippen molar-refractivity contribution in [2.24, 2.45) is 5.73 Å². The summed E-state index contributed by atoms with van der Waals surface area (Å²) in [6.45, 7) is 1.51. The molecule has 1 saturated heterocycles. The molecule has 2 aromatic rings. The minimum absolute atomic E-state index is 0.0667. The van der Waals surface area contributed by atoms with Crippen LogP contribution in [0.4, 0.5) is 19.3 Å². The molecular formula is C16H16ClF2N3O4. The molecule has 0 bridgehead atoms. The van der Waals surface area contributed by atoms with Gasteiger partial charge in [-0.2, -0.15) is 0 Å². The lowest BCUT2D eigenvalue weighted by Crippen LogP contribution is -2.65. The molecule has 1 aliphatic heterocycles. The van der Waals surface area contributed by atoms with E-state index in [-0.39, 0.29) is 28.2 Å². The normalized spacial score (nSPS) is 15.8. The van der Waals surface area contributed by atoms with Crippen LogP contribution in [0.2, 0.25) is 5.02 Å². The largest absolute Gasteiger partial charge is 0.511 e. The Hall–Kier alpha value is -2.39. The number of anilines is 1. The molecule has 26 heavy (non-hydrogen) atoms. The topological polar surface area (TPSA) is 97.8 Å². The number of benzene rings is 1. The van der Waals surface area contributed by atoms with E-state index in [4.69, 9.17) is 22.4 Å². The molecular weight excluding hydrogens is 372 g/mol. The van der Waals surface area contributed by atoms with Gasteiger partial charge in [-0.15, -0.1) is 0 Å². The Kier molecular flexibility index (Phi) is 4.53. The van der Waals surface area contributed by atoms with Gasteiger partial charge in [0.15, 0.2) is 5.75 Å². The van der Waals surface area contributed by atoms with Crippen molar-refractivity contribution in [3.63, 3.8) is 0 Å². The van der Waals surface area contributed by atoms with E-state index >= 15 is 0 Å². The second-order valence-electron chi connectivity index (χ2n) is 6.50. The highest BCUT2D eigenvalue weighted by Crippen LogP contribution is 2.39. The van der Waals surface area contributed by atoms with Crippen LogP contribution < -0.4 is 20.8 Å². The number of carbonyl (C=O) groups is 1. The average Bonchev–Trinajstić information content (AvgIpc) is 2.49. The number of fused-ring (bicyclic) bond motifs is 1. The molecule has 0 saturated carbocycles. The highest BCUT2D eigenvalue weighted by atomic mass is 35.5. The fourth-order valence-corrected chi connectivity index (χ4v) is 3.58. The highest BCUT2D eigenvalue weighted by Gasteiger charge is 2.38. The summed E-state index contributed by atoms with van der Waals surface area (Å²) < 4.78 is 33.3. The maximum atomic E-state index is 14.6. The van der Waals surface area contributed by atoms with E-state index in [2.05, 4.69) is 4.74 Å². The van der Waals surface area contributed by atoms with Crippen molar-refractivity contribution in [2.75, 3.05) is 24.7 Å². The van der Waals surface area contributed by atoms with Crippen LogP contribution >= 0.6 is 11.6 Å². The number of alkyl halides is 1. The molecule has 10 heteroatoms. The Bertz CT molecular complexity index is 953. The van der Waals surface area contributed by atoms with E-state index in [9.17, 15) is 18.4 Å². The molecule has 0 amide bonds. The lowest BCUT2D eigenvalue weighted by atomic mass is 9.92. The summed E-state index contributed by atoms with van der Waals surface area (Å²) in [5.41, 5.74) is 4.79. The molecule has 0 spiro atoms. The second kappa shape index (κ2) is 6.40. The van der Waals surface area contributed by atoms with E-state index in [1.165, 1.54) is 4.57 Å². The number of hydrogen-bond donors (Lipinski definition) is 2. The fourth-order valence-electron chi connectivity index (χ4n) is 3.16. The van der Waals surface area contributed by atoms with Gasteiger partial charge in [-0.3, -0.25) is 4.79 Å². The van der Waals surface area contributed by atoms with Crippen molar-refractivity contribution in [2.45, 2.75) is 19.0 Å². The number of aryl methyl sites for hydroxylation is 1. The van der Waals surface area contributed by atoms with E-state index in [1.54, 1.807) is 4.90 Å². The lowest BCUT2D eigenvalue weighted by molar-refractivity contribution is 0.143. The number of ether oxygens (including phenoxy) is 1. The third kappa shape index (κ3) is 3.08. The first-order valence-corrected chi connectivity index (χ1v) is 8.08. The van der Waals surface area contributed by atoms with Crippen LogP contribution in [0.25, 0.3) is 10.9 Å². The third-order valence-corrected chi connectivity index (χ3v) is 4.50. The zero-order chi connectivity index (χ0) is 19.2. The van der Waals surface area contributed by atoms with Crippen molar-refractivity contribution in [3.05, 3.63) is 33.3 Å². The molecule has 140 valence electrons. The summed E-state index contributed by atoms with van der Waals surface area (Å²) in [7, 11) is 0. The monoisotopic (exact) mass is 387 g/mol. The molecule has 7 nitrogen and oxygen atoms in total. The van der Waals surface area contributed by atoms with Crippen LogP contribution in [0.5, 0.6) is 5.75 Å². The van der Waals surface area contributed by atoms with Gasteiger partial charge in [0.1, 0.15) is 12.5 Å². The summed E-state index contributed by atoms with van der Waals surface area (Å²) in [5, 5.41) is 8.47. The zero-order valence-electron chi connectivity index (χ0n) is 13.8. The first-order valence-electron chi connectivity index (χ1n) is 7.70. The van der Waals surface area contributed by atoms with Gasteiger partial charge in [-0.05, 0) is 13.0 Å². The first kappa shape index (κ1) is 18.4. The Morgan fingerprint density at radius 1 is 1.50 bits per heavy atom. The molecule has 3 rings (SSSR count). The lowest BCUT2D eigenvalue weighted by Gasteiger charge is -2.47. The minimum Gasteiger partial charge on any atom is -0.449 e. The van der Waals surface area contributed by atoms with Gasteiger partial charge >= 0.3 is 6.16 Å². The quantitative estimate of drug-likeness (QED) is 0.781. The molecule has 0 atom stereocenters. The number of nitrogens with zero attached hydrogens (tertiary/aromatic N) is 2. The number of aromatic nitrogens is 1. The Balaban J connectivity index is 2.25. The number of pyridine rings is 1. The summed E-state index contributed by atoms with van der Waals surface area (Å²) in [5.74, 6) is -1.31. The van der Waals surface area contributed by atoms with Gasteiger partial charge in [0.05, 0.1) is 34.4 Å². The van der Waals surface area contributed by atoms with Gasteiger partial charge in [-0.25, -0.2) is 13.6 Å². The van der Waals surface area contributed by atoms with Gasteiger partial charge < -0.3 is 25.0 Å². The number of hydrogen-bond acceptors (Lipinski definition) is 5. The van der Waals surface area contributed by atoms with E-state index in [1.807, 2.05) is 6.92 Å². The van der Waals surface area contributed by atoms with Crippen LogP contribution in [0.3, 0.4) is 0 Å². The summed E-state index contributed by atoms with van der Waals surface area (Å²) >= 11 is 6.36. The molecule has 0 unspecified atom stereocenters. The van der Waals surface area contributed by atoms with Gasteiger partial charge in [0.2, 0.25) is 5.43 Å². The highest BCUT2D eigenvalue weighted by molar-refractivity contribution is 6.38. The van der Waals surface area contributed by atoms with Crippen molar-refractivity contribution in [3.8, 4) is 5.75 Å². The van der Waals surface area contributed by atoms with Gasteiger partial charge in [0.25, 0.3) is 0 Å². The number of rotatable bonds is 4. The first-order chi connectivity index (χ1) is 12.1. The van der Waals surface area contributed by atoms with Crippen LogP contribution in [0.1, 0.15) is 6.92 Å². The predicted molar refractivity (Wildman–Crippen MR) is 92.6 cm³/mol. The summed E-state index contributed by atoms with van der Waals surface area (Å²) in [4.78, 5) is 24.8. The van der Waals surface area contributed by atoms with Crippen molar-refractivity contribution in [1.29, 1.82) is 0 Å². The molecule has 0 aliphatic carbocycles. The average molecular weight is 388 g/mol. The molecule has 3 N–H and O–H groups in total. The summed E-state index contributed by atoms with van der Waals surface area (Å²) in [6, 6.07) is 0.953. The third-order valence-electron chi connectivity index (χ3n) is 4.14.